The van der Waals surface area contributed by atoms with Gasteiger partial charge in [0.05, 0.1) is 22.3 Å². The first-order chi connectivity index (χ1) is 13.0. The summed E-state index contributed by atoms with van der Waals surface area (Å²) < 4.78 is 3.35. The fraction of sp³-hybridized carbons (Fsp3) is 0.250. The number of nitrogens with zero attached hydrogens (tertiary/aromatic N) is 2. The number of aromatic nitrogens is 2. The van der Waals surface area contributed by atoms with E-state index in [1.165, 1.54) is 0 Å². The monoisotopic (exact) mass is 366 g/mol. The Bertz CT molecular complexity index is 1050. The van der Waals surface area contributed by atoms with Crippen LogP contribution in [0.5, 0.6) is 0 Å². The lowest BCUT2D eigenvalue weighted by Crippen LogP contribution is -2.26. The maximum absolute atomic E-state index is 12.7. The van der Waals surface area contributed by atoms with Crippen LogP contribution in [0.4, 0.5) is 5.69 Å². The smallest absolute Gasteiger partial charge is 0.329 e. The predicted molar refractivity (Wildman–Crippen MR) is 105 cm³/mol. The highest BCUT2D eigenvalue weighted by Gasteiger charge is 2.14. The van der Waals surface area contributed by atoms with Crippen molar-refractivity contribution in [3.05, 3.63) is 64.6 Å². The molecule has 1 aromatic heterocycles. The SMILES string of the molecule is CCCn1c(=O)n(CCC(=O)Nc2ccccc2C(N)=O)c2ccccc21. The van der Waals surface area contributed by atoms with Gasteiger partial charge in [-0.15, -0.1) is 0 Å². The van der Waals surface area contributed by atoms with Gasteiger partial charge in [-0.05, 0) is 30.7 Å². The maximum Gasteiger partial charge on any atom is 0.329 e. The molecule has 0 unspecified atom stereocenters. The molecule has 7 nitrogen and oxygen atoms in total. The Morgan fingerprint density at radius 1 is 0.963 bits per heavy atom. The molecule has 0 saturated heterocycles. The lowest BCUT2D eigenvalue weighted by Gasteiger charge is -2.09. The van der Waals surface area contributed by atoms with Crippen molar-refractivity contribution < 1.29 is 9.59 Å². The summed E-state index contributed by atoms with van der Waals surface area (Å²) in [5, 5.41) is 2.70. The zero-order chi connectivity index (χ0) is 19.4. The summed E-state index contributed by atoms with van der Waals surface area (Å²) in [7, 11) is 0. The number of rotatable bonds is 7. The van der Waals surface area contributed by atoms with Crippen molar-refractivity contribution in [3.8, 4) is 0 Å². The third-order valence-electron chi connectivity index (χ3n) is 4.40. The summed E-state index contributed by atoms with van der Waals surface area (Å²) in [6.07, 6.45) is 0.950. The number of nitrogens with two attached hydrogens (primary N) is 1. The average molecular weight is 366 g/mol. The van der Waals surface area contributed by atoms with E-state index in [2.05, 4.69) is 5.32 Å². The van der Waals surface area contributed by atoms with Gasteiger partial charge >= 0.3 is 5.69 Å². The van der Waals surface area contributed by atoms with Crippen LogP contribution in [-0.2, 0) is 17.9 Å². The Morgan fingerprint density at radius 2 is 1.56 bits per heavy atom. The van der Waals surface area contributed by atoms with Gasteiger partial charge in [-0.2, -0.15) is 0 Å². The normalized spacial score (nSPS) is 10.9. The zero-order valence-corrected chi connectivity index (χ0v) is 15.1. The first-order valence-electron chi connectivity index (χ1n) is 8.89. The first-order valence-corrected chi connectivity index (χ1v) is 8.89. The van der Waals surface area contributed by atoms with Crippen LogP contribution < -0.4 is 16.7 Å². The van der Waals surface area contributed by atoms with Crippen molar-refractivity contribution in [1.82, 2.24) is 9.13 Å². The van der Waals surface area contributed by atoms with E-state index in [9.17, 15) is 14.4 Å². The van der Waals surface area contributed by atoms with Gasteiger partial charge in [0.15, 0.2) is 0 Å². The molecular formula is C20H22N4O3. The van der Waals surface area contributed by atoms with Gasteiger partial charge in [-0.25, -0.2) is 4.79 Å². The van der Waals surface area contributed by atoms with Gasteiger partial charge in [0.25, 0.3) is 5.91 Å². The lowest BCUT2D eigenvalue weighted by molar-refractivity contribution is -0.116. The molecular weight excluding hydrogens is 344 g/mol. The third kappa shape index (κ3) is 3.76. The summed E-state index contributed by atoms with van der Waals surface area (Å²) in [5.41, 5.74) is 7.50. The predicted octanol–water partition coefficient (Wildman–Crippen LogP) is 2.34. The molecule has 0 aliphatic rings. The highest BCUT2D eigenvalue weighted by Crippen LogP contribution is 2.16. The molecule has 1 heterocycles. The molecule has 27 heavy (non-hydrogen) atoms. The molecule has 0 atom stereocenters. The minimum atomic E-state index is -0.607. The average Bonchev–Trinajstić information content (AvgIpc) is 2.92. The molecule has 0 aliphatic heterocycles. The molecule has 0 saturated carbocycles. The number of benzene rings is 2. The van der Waals surface area contributed by atoms with E-state index in [0.29, 0.717) is 12.2 Å². The van der Waals surface area contributed by atoms with E-state index in [-0.39, 0.29) is 30.1 Å². The van der Waals surface area contributed by atoms with Crippen LogP contribution in [-0.4, -0.2) is 20.9 Å². The molecule has 7 heteroatoms. The van der Waals surface area contributed by atoms with Gasteiger partial charge in [0, 0.05) is 19.5 Å². The molecule has 140 valence electrons. The number of carbonyl (C=O) groups excluding carboxylic acids is 2. The van der Waals surface area contributed by atoms with E-state index in [1.807, 2.05) is 31.2 Å². The van der Waals surface area contributed by atoms with Crippen LogP contribution in [0.3, 0.4) is 0 Å². The van der Waals surface area contributed by atoms with Gasteiger partial charge < -0.3 is 11.1 Å². The third-order valence-corrected chi connectivity index (χ3v) is 4.40. The Labute approximate surface area is 156 Å². The van der Waals surface area contributed by atoms with Gasteiger partial charge in [-0.3, -0.25) is 18.7 Å². The maximum atomic E-state index is 12.7. The molecule has 2 aromatic carbocycles. The summed E-state index contributed by atoms with van der Waals surface area (Å²) in [6.45, 7) is 2.90. The summed E-state index contributed by atoms with van der Waals surface area (Å²) in [4.78, 5) is 36.5. The summed E-state index contributed by atoms with van der Waals surface area (Å²) in [5.74, 6) is -0.896. The Morgan fingerprint density at radius 3 is 2.19 bits per heavy atom. The fourth-order valence-corrected chi connectivity index (χ4v) is 3.16. The molecule has 0 aliphatic carbocycles. The largest absolute Gasteiger partial charge is 0.366 e. The van der Waals surface area contributed by atoms with Crippen LogP contribution in [0.1, 0.15) is 30.1 Å². The van der Waals surface area contributed by atoms with Crippen molar-refractivity contribution in [3.63, 3.8) is 0 Å². The molecule has 2 amide bonds. The number of para-hydroxylation sites is 3. The number of primary amides is 1. The number of imidazole rings is 1. The van der Waals surface area contributed by atoms with Crippen molar-refractivity contribution >= 4 is 28.5 Å². The Hall–Kier alpha value is -3.35. The van der Waals surface area contributed by atoms with Crippen LogP contribution >= 0.6 is 0 Å². The van der Waals surface area contributed by atoms with Gasteiger partial charge in [0.1, 0.15) is 0 Å². The number of nitrogens with one attached hydrogen (secondary N) is 1. The number of anilines is 1. The number of carbonyl (C=O) groups is 2. The Balaban J connectivity index is 1.80. The van der Waals surface area contributed by atoms with Crippen LogP contribution in [0.15, 0.2) is 53.3 Å². The van der Waals surface area contributed by atoms with Crippen LogP contribution in [0.2, 0.25) is 0 Å². The van der Waals surface area contributed by atoms with Crippen molar-refractivity contribution in [2.24, 2.45) is 5.73 Å². The lowest BCUT2D eigenvalue weighted by atomic mass is 10.1. The second-order valence-electron chi connectivity index (χ2n) is 6.28. The van der Waals surface area contributed by atoms with E-state index < -0.39 is 5.91 Å². The van der Waals surface area contributed by atoms with Gasteiger partial charge in [0.2, 0.25) is 5.91 Å². The van der Waals surface area contributed by atoms with Crippen molar-refractivity contribution in [2.75, 3.05) is 5.32 Å². The highest BCUT2D eigenvalue weighted by molar-refractivity contribution is 6.02. The first kappa shape index (κ1) is 18.4. The zero-order valence-electron chi connectivity index (χ0n) is 15.1. The number of hydrogen-bond donors (Lipinski definition) is 2. The van der Waals surface area contributed by atoms with E-state index >= 15 is 0 Å². The van der Waals surface area contributed by atoms with E-state index in [0.717, 1.165) is 17.5 Å². The van der Waals surface area contributed by atoms with Crippen LogP contribution in [0, 0.1) is 0 Å². The number of hydrogen-bond acceptors (Lipinski definition) is 3. The quantitative estimate of drug-likeness (QED) is 0.671. The molecule has 0 fully saturated rings. The minimum Gasteiger partial charge on any atom is -0.366 e. The second kappa shape index (κ2) is 7.90. The van der Waals surface area contributed by atoms with Gasteiger partial charge in [-0.1, -0.05) is 31.2 Å². The van der Waals surface area contributed by atoms with E-state index in [1.54, 1.807) is 33.4 Å². The topological polar surface area (TPSA) is 99.1 Å². The standard InChI is InChI=1S/C20H22N4O3/c1-2-12-23-16-9-5-6-10-17(16)24(20(23)27)13-11-18(25)22-15-8-4-3-7-14(15)19(21)26/h3-10H,2,11-13H2,1H3,(H2,21,26)(H,22,25). The molecule has 3 aromatic rings. The number of aryl methyl sites for hydroxylation is 2. The highest BCUT2D eigenvalue weighted by atomic mass is 16.2. The number of fused-ring (bicyclic) bond motifs is 1. The molecule has 3 rings (SSSR count). The molecule has 3 N–H and O–H groups in total. The molecule has 0 radical (unpaired) electrons. The summed E-state index contributed by atoms with van der Waals surface area (Å²) in [6, 6.07) is 14.1. The summed E-state index contributed by atoms with van der Waals surface area (Å²) >= 11 is 0. The van der Waals surface area contributed by atoms with Crippen molar-refractivity contribution in [1.29, 1.82) is 0 Å². The molecule has 0 spiro atoms. The fourth-order valence-electron chi connectivity index (χ4n) is 3.16. The van der Waals surface area contributed by atoms with Crippen molar-refractivity contribution in [2.45, 2.75) is 32.9 Å². The Kier molecular flexibility index (Phi) is 5.40. The van der Waals surface area contributed by atoms with E-state index in [4.69, 9.17) is 5.73 Å². The second-order valence-corrected chi connectivity index (χ2v) is 6.28. The van der Waals surface area contributed by atoms with Crippen LogP contribution in [0.25, 0.3) is 11.0 Å². The molecule has 0 bridgehead atoms. The number of amides is 2. The minimum absolute atomic E-state index is 0.104.